The number of hydrogen-bond donors (Lipinski definition) is 2. The summed E-state index contributed by atoms with van der Waals surface area (Å²) >= 11 is 0. The van der Waals surface area contributed by atoms with Crippen LogP contribution in [0.4, 0.5) is 13.2 Å². The van der Waals surface area contributed by atoms with Crippen molar-refractivity contribution in [2.24, 2.45) is 5.92 Å². The second-order valence-corrected chi connectivity index (χ2v) is 4.61. The maximum atomic E-state index is 12.3. The van der Waals surface area contributed by atoms with Crippen molar-refractivity contribution in [1.29, 1.82) is 0 Å². The first-order valence-corrected chi connectivity index (χ1v) is 5.84. The molecule has 5 nitrogen and oxygen atoms in total. The molecule has 2 rings (SSSR count). The van der Waals surface area contributed by atoms with Gasteiger partial charge in [0.2, 0.25) is 0 Å². The molecule has 1 amide bonds. The van der Waals surface area contributed by atoms with E-state index in [1.807, 2.05) is 0 Å². The number of amides is 1. The van der Waals surface area contributed by atoms with Crippen LogP contribution in [0.1, 0.15) is 28.9 Å². The number of carbonyl (C=O) groups excluding carboxylic acids is 1. The van der Waals surface area contributed by atoms with Gasteiger partial charge in [-0.3, -0.25) is 14.6 Å². The highest BCUT2D eigenvalue weighted by Crippen LogP contribution is 2.28. The molecule has 20 heavy (non-hydrogen) atoms. The molecule has 8 heteroatoms. The fourth-order valence-corrected chi connectivity index (χ4v) is 1.90. The van der Waals surface area contributed by atoms with E-state index < -0.39 is 29.7 Å². The summed E-state index contributed by atoms with van der Waals surface area (Å²) in [7, 11) is 0. The van der Waals surface area contributed by atoms with Gasteiger partial charge in [0.05, 0.1) is 11.5 Å². The lowest BCUT2D eigenvalue weighted by Gasteiger charge is -2.32. The predicted octanol–water partition coefficient (Wildman–Crippen LogP) is 1.69. The maximum Gasteiger partial charge on any atom is 0.433 e. The monoisotopic (exact) mass is 288 g/mol. The molecule has 0 radical (unpaired) electrons. The maximum absolute atomic E-state index is 12.3. The van der Waals surface area contributed by atoms with Crippen LogP contribution < -0.4 is 5.32 Å². The SMILES string of the molecule is O=C(NC1CC(C(=O)O)C1)c1ccc(C(F)(F)F)nc1. The number of nitrogens with one attached hydrogen (secondary N) is 1. The molecule has 1 saturated carbocycles. The molecule has 108 valence electrons. The summed E-state index contributed by atoms with van der Waals surface area (Å²) in [6.07, 6.45) is -3.03. The highest BCUT2D eigenvalue weighted by Gasteiger charge is 2.36. The minimum absolute atomic E-state index is 0.0109. The summed E-state index contributed by atoms with van der Waals surface area (Å²) in [5.74, 6) is -1.93. The Balaban J connectivity index is 1.92. The molecular formula is C12H11F3N2O3. The first kappa shape index (κ1) is 14.3. The Hall–Kier alpha value is -2.12. The van der Waals surface area contributed by atoms with Gasteiger partial charge < -0.3 is 10.4 Å². The highest BCUT2D eigenvalue weighted by atomic mass is 19.4. The molecular weight excluding hydrogens is 277 g/mol. The first-order chi connectivity index (χ1) is 9.27. The molecule has 1 aliphatic rings. The number of hydrogen-bond acceptors (Lipinski definition) is 3. The van der Waals surface area contributed by atoms with Crippen LogP contribution >= 0.6 is 0 Å². The Morgan fingerprint density at radius 2 is 1.95 bits per heavy atom. The van der Waals surface area contributed by atoms with Gasteiger partial charge >= 0.3 is 12.1 Å². The van der Waals surface area contributed by atoms with Crippen LogP contribution in [-0.2, 0) is 11.0 Å². The van der Waals surface area contributed by atoms with Crippen molar-refractivity contribution in [3.05, 3.63) is 29.6 Å². The Morgan fingerprint density at radius 1 is 1.30 bits per heavy atom. The van der Waals surface area contributed by atoms with Crippen LogP contribution in [0, 0.1) is 5.92 Å². The summed E-state index contributed by atoms with van der Waals surface area (Å²) in [6, 6.07) is 1.51. The third-order valence-corrected chi connectivity index (χ3v) is 3.14. The van der Waals surface area contributed by atoms with Crippen LogP contribution in [0.3, 0.4) is 0 Å². The Bertz CT molecular complexity index is 522. The van der Waals surface area contributed by atoms with Crippen LogP contribution in [0.25, 0.3) is 0 Å². The number of aliphatic carboxylic acids is 1. The summed E-state index contributed by atoms with van der Waals surface area (Å²) < 4.78 is 36.9. The third-order valence-electron chi connectivity index (χ3n) is 3.14. The number of rotatable bonds is 3. The fraction of sp³-hybridized carbons (Fsp3) is 0.417. The number of carboxylic acids is 1. The van der Waals surface area contributed by atoms with E-state index in [1.165, 1.54) is 0 Å². The molecule has 0 aliphatic heterocycles. The third kappa shape index (κ3) is 3.06. The number of halogens is 3. The van der Waals surface area contributed by atoms with Gasteiger partial charge in [0.15, 0.2) is 0 Å². The van der Waals surface area contributed by atoms with E-state index in [0.29, 0.717) is 12.8 Å². The van der Waals surface area contributed by atoms with Crippen LogP contribution in [-0.4, -0.2) is 28.0 Å². The molecule has 2 N–H and O–H groups in total. The molecule has 0 spiro atoms. The van der Waals surface area contributed by atoms with Gasteiger partial charge in [0, 0.05) is 12.2 Å². The van der Waals surface area contributed by atoms with Crippen LogP contribution in [0.15, 0.2) is 18.3 Å². The van der Waals surface area contributed by atoms with Gasteiger partial charge in [-0.2, -0.15) is 13.2 Å². The second kappa shape index (κ2) is 5.10. The van der Waals surface area contributed by atoms with Gasteiger partial charge in [0.1, 0.15) is 5.69 Å². The quantitative estimate of drug-likeness (QED) is 0.887. The van der Waals surface area contributed by atoms with Crippen molar-refractivity contribution in [3.8, 4) is 0 Å². The first-order valence-electron chi connectivity index (χ1n) is 5.84. The van der Waals surface area contributed by atoms with Gasteiger partial charge in [-0.25, -0.2) is 0 Å². The van der Waals surface area contributed by atoms with Gasteiger partial charge in [0.25, 0.3) is 5.91 Å². The number of nitrogens with zero attached hydrogens (tertiary/aromatic N) is 1. The summed E-state index contributed by atoms with van der Waals surface area (Å²) in [6.45, 7) is 0. The Labute approximate surface area is 111 Å². The Kier molecular flexibility index (Phi) is 3.65. The van der Waals surface area contributed by atoms with Crippen molar-refractivity contribution >= 4 is 11.9 Å². The molecule has 1 aromatic heterocycles. The van der Waals surface area contributed by atoms with Gasteiger partial charge in [-0.05, 0) is 25.0 Å². The van der Waals surface area contributed by atoms with E-state index in [-0.39, 0.29) is 11.6 Å². The topological polar surface area (TPSA) is 79.3 Å². The van der Waals surface area contributed by atoms with E-state index in [9.17, 15) is 22.8 Å². The van der Waals surface area contributed by atoms with E-state index in [4.69, 9.17) is 5.11 Å². The lowest BCUT2D eigenvalue weighted by molar-refractivity contribution is -0.145. The lowest BCUT2D eigenvalue weighted by atomic mass is 9.80. The number of pyridine rings is 1. The normalized spacial score (nSPS) is 21.9. The van der Waals surface area contributed by atoms with Gasteiger partial charge in [-0.15, -0.1) is 0 Å². The van der Waals surface area contributed by atoms with E-state index in [0.717, 1.165) is 18.3 Å². The zero-order chi connectivity index (χ0) is 14.9. The lowest BCUT2D eigenvalue weighted by Crippen LogP contribution is -2.46. The van der Waals surface area contributed by atoms with Crippen molar-refractivity contribution in [2.45, 2.75) is 25.1 Å². The molecule has 0 saturated heterocycles. The largest absolute Gasteiger partial charge is 0.481 e. The highest BCUT2D eigenvalue weighted by molar-refractivity contribution is 5.94. The van der Waals surface area contributed by atoms with E-state index in [2.05, 4.69) is 10.3 Å². The molecule has 0 atom stereocenters. The predicted molar refractivity (Wildman–Crippen MR) is 60.9 cm³/mol. The zero-order valence-electron chi connectivity index (χ0n) is 10.1. The molecule has 1 heterocycles. The molecule has 0 unspecified atom stereocenters. The minimum Gasteiger partial charge on any atom is -0.481 e. The average molecular weight is 288 g/mol. The summed E-state index contributed by atoms with van der Waals surface area (Å²) in [4.78, 5) is 25.5. The molecule has 0 bridgehead atoms. The summed E-state index contributed by atoms with van der Waals surface area (Å²) in [5.41, 5.74) is -1.06. The number of carbonyl (C=O) groups is 2. The van der Waals surface area contributed by atoms with E-state index >= 15 is 0 Å². The van der Waals surface area contributed by atoms with Gasteiger partial charge in [-0.1, -0.05) is 0 Å². The Morgan fingerprint density at radius 3 is 2.40 bits per heavy atom. The number of carboxylic acid groups (broad SMARTS) is 1. The fourth-order valence-electron chi connectivity index (χ4n) is 1.90. The average Bonchev–Trinajstić information content (AvgIpc) is 2.31. The molecule has 0 aromatic carbocycles. The molecule has 1 fully saturated rings. The standard InChI is InChI=1S/C12H11F3N2O3/c13-12(14,15)9-2-1-6(5-16-9)10(18)17-8-3-7(4-8)11(19)20/h1-2,5,7-8H,3-4H2,(H,17,18)(H,19,20). The van der Waals surface area contributed by atoms with Crippen molar-refractivity contribution < 1.29 is 27.9 Å². The number of alkyl halides is 3. The second-order valence-electron chi connectivity index (χ2n) is 4.61. The molecule has 1 aliphatic carbocycles. The van der Waals surface area contributed by atoms with E-state index in [1.54, 1.807) is 0 Å². The number of aromatic nitrogens is 1. The smallest absolute Gasteiger partial charge is 0.433 e. The van der Waals surface area contributed by atoms with Crippen molar-refractivity contribution in [3.63, 3.8) is 0 Å². The van der Waals surface area contributed by atoms with Crippen molar-refractivity contribution in [2.75, 3.05) is 0 Å². The van der Waals surface area contributed by atoms with Crippen LogP contribution in [0.5, 0.6) is 0 Å². The summed E-state index contributed by atoms with van der Waals surface area (Å²) in [5, 5.41) is 11.2. The van der Waals surface area contributed by atoms with Crippen molar-refractivity contribution in [1.82, 2.24) is 10.3 Å². The zero-order valence-corrected chi connectivity index (χ0v) is 10.1. The minimum atomic E-state index is -4.54. The molecule has 1 aromatic rings. The van der Waals surface area contributed by atoms with Crippen LogP contribution in [0.2, 0.25) is 0 Å².